The maximum Gasteiger partial charge on any atom is 0.0514 e. The molecular formula is C15H33NO. The van der Waals surface area contributed by atoms with Crippen LogP contribution in [0.15, 0.2) is 0 Å². The lowest BCUT2D eigenvalue weighted by Gasteiger charge is -2.26. The molecule has 0 rings (SSSR count). The van der Waals surface area contributed by atoms with Crippen molar-refractivity contribution >= 4 is 0 Å². The van der Waals surface area contributed by atoms with Crippen molar-refractivity contribution in [2.24, 2.45) is 10.8 Å². The van der Waals surface area contributed by atoms with Crippen LogP contribution in [0.2, 0.25) is 0 Å². The maximum absolute atomic E-state index is 5.66. The van der Waals surface area contributed by atoms with Gasteiger partial charge in [-0.1, -0.05) is 41.5 Å². The molecule has 0 saturated carbocycles. The third kappa shape index (κ3) is 13.9. The van der Waals surface area contributed by atoms with Crippen LogP contribution in [0, 0.1) is 10.8 Å². The van der Waals surface area contributed by atoms with Gasteiger partial charge in [0, 0.05) is 13.2 Å². The minimum atomic E-state index is 0.295. The summed E-state index contributed by atoms with van der Waals surface area (Å²) in [7, 11) is 2.21. The van der Waals surface area contributed by atoms with E-state index in [1.54, 1.807) is 0 Å². The highest BCUT2D eigenvalue weighted by atomic mass is 16.5. The van der Waals surface area contributed by atoms with Gasteiger partial charge in [0.1, 0.15) is 0 Å². The summed E-state index contributed by atoms with van der Waals surface area (Å²) in [6.45, 7) is 17.6. The van der Waals surface area contributed by atoms with Crippen molar-refractivity contribution in [2.45, 2.75) is 54.4 Å². The molecule has 2 heteroatoms. The Balaban J connectivity index is 3.40. The number of hydrogen-bond donors (Lipinski definition) is 0. The zero-order valence-electron chi connectivity index (χ0n) is 13.1. The summed E-state index contributed by atoms with van der Waals surface area (Å²) in [5, 5.41) is 0. The van der Waals surface area contributed by atoms with Crippen LogP contribution in [0.3, 0.4) is 0 Å². The van der Waals surface area contributed by atoms with Gasteiger partial charge in [0.25, 0.3) is 0 Å². The summed E-state index contributed by atoms with van der Waals surface area (Å²) in [6.07, 6.45) is 2.40. The fourth-order valence-corrected chi connectivity index (χ4v) is 1.85. The van der Waals surface area contributed by atoms with E-state index in [-0.39, 0.29) is 0 Å². The molecule has 0 unspecified atom stereocenters. The molecule has 0 bridgehead atoms. The van der Waals surface area contributed by atoms with Crippen molar-refractivity contribution < 1.29 is 4.74 Å². The van der Waals surface area contributed by atoms with Gasteiger partial charge < -0.3 is 9.64 Å². The molecule has 0 aliphatic carbocycles. The fraction of sp³-hybridized carbons (Fsp3) is 1.00. The van der Waals surface area contributed by atoms with Crippen LogP contribution in [0.1, 0.15) is 54.4 Å². The molecule has 0 radical (unpaired) electrons. The molecule has 2 nitrogen and oxygen atoms in total. The van der Waals surface area contributed by atoms with Crippen molar-refractivity contribution in [3.8, 4) is 0 Å². The van der Waals surface area contributed by atoms with Gasteiger partial charge in [0.2, 0.25) is 0 Å². The van der Waals surface area contributed by atoms with E-state index < -0.39 is 0 Å². The second-order valence-electron chi connectivity index (χ2n) is 7.62. The summed E-state index contributed by atoms with van der Waals surface area (Å²) in [4.78, 5) is 2.42. The Kier molecular flexibility index (Phi) is 7.34. The van der Waals surface area contributed by atoms with Gasteiger partial charge in [-0.05, 0) is 37.3 Å². The lowest BCUT2D eigenvalue weighted by Crippen LogP contribution is -2.30. The molecule has 0 amide bonds. The van der Waals surface area contributed by atoms with Gasteiger partial charge in [-0.15, -0.1) is 0 Å². The van der Waals surface area contributed by atoms with E-state index >= 15 is 0 Å². The van der Waals surface area contributed by atoms with E-state index in [4.69, 9.17) is 4.74 Å². The van der Waals surface area contributed by atoms with Crippen LogP contribution in [0.4, 0.5) is 0 Å². The van der Waals surface area contributed by atoms with Gasteiger partial charge in [0.05, 0.1) is 6.61 Å². The SMILES string of the molecule is CN(CCCCOCC(C)(C)C)CC(C)(C)C. The zero-order chi connectivity index (χ0) is 13.5. The molecule has 0 spiro atoms. The van der Waals surface area contributed by atoms with E-state index in [1.807, 2.05) is 0 Å². The van der Waals surface area contributed by atoms with Gasteiger partial charge in [-0.3, -0.25) is 0 Å². The van der Waals surface area contributed by atoms with Gasteiger partial charge in [-0.25, -0.2) is 0 Å². The Morgan fingerprint density at radius 2 is 1.47 bits per heavy atom. The Bertz CT molecular complexity index is 188. The Morgan fingerprint density at radius 1 is 0.882 bits per heavy atom. The molecule has 0 aliphatic rings. The second kappa shape index (κ2) is 7.38. The quantitative estimate of drug-likeness (QED) is 0.631. The summed E-state index contributed by atoms with van der Waals surface area (Å²) >= 11 is 0. The first-order valence-corrected chi connectivity index (χ1v) is 6.86. The molecular weight excluding hydrogens is 210 g/mol. The molecule has 0 fully saturated rings. The first-order chi connectivity index (χ1) is 7.60. The Hall–Kier alpha value is -0.0800. The third-order valence-electron chi connectivity index (χ3n) is 2.36. The molecule has 0 saturated heterocycles. The summed E-state index contributed by atoms with van der Waals surface area (Å²) in [5.74, 6) is 0. The van der Waals surface area contributed by atoms with Crippen molar-refractivity contribution in [3.05, 3.63) is 0 Å². The zero-order valence-corrected chi connectivity index (χ0v) is 13.1. The summed E-state index contributed by atoms with van der Waals surface area (Å²) < 4.78 is 5.66. The Labute approximate surface area is 109 Å². The number of hydrogen-bond acceptors (Lipinski definition) is 2. The van der Waals surface area contributed by atoms with E-state index in [0.29, 0.717) is 10.8 Å². The van der Waals surface area contributed by atoms with E-state index in [2.05, 4.69) is 53.5 Å². The van der Waals surface area contributed by atoms with E-state index in [0.717, 1.165) is 19.8 Å². The molecule has 0 aromatic heterocycles. The predicted octanol–water partition coefficient (Wildman–Crippen LogP) is 3.81. The highest BCUT2D eigenvalue weighted by Crippen LogP contribution is 2.15. The molecule has 0 heterocycles. The van der Waals surface area contributed by atoms with Crippen LogP contribution >= 0.6 is 0 Å². The number of nitrogens with zero attached hydrogens (tertiary/aromatic N) is 1. The average Bonchev–Trinajstić information content (AvgIpc) is 2.06. The highest BCUT2D eigenvalue weighted by Gasteiger charge is 2.13. The minimum absolute atomic E-state index is 0.295. The van der Waals surface area contributed by atoms with Gasteiger partial charge >= 0.3 is 0 Å². The lowest BCUT2D eigenvalue weighted by molar-refractivity contribution is 0.0673. The molecule has 0 aliphatic heterocycles. The van der Waals surface area contributed by atoms with Crippen LogP contribution in [-0.2, 0) is 4.74 Å². The van der Waals surface area contributed by atoms with Crippen molar-refractivity contribution in [1.82, 2.24) is 4.90 Å². The van der Waals surface area contributed by atoms with Crippen molar-refractivity contribution in [3.63, 3.8) is 0 Å². The van der Waals surface area contributed by atoms with Crippen LogP contribution in [0.5, 0.6) is 0 Å². The molecule has 0 N–H and O–H groups in total. The van der Waals surface area contributed by atoms with Crippen LogP contribution < -0.4 is 0 Å². The number of rotatable bonds is 7. The predicted molar refractivity (Wildman–Crippen MR) is 76.5 cm³/mol. The smallest absolute Gasteiger partial charge is 0.0514 e. The maximum atomic E-state index is 5.66. The monoisotopic (exact) mass is 243 g/mol. The normalized spacial score (nSPS) is 13.4. The average molecular weight is 243 g/mol. The molecule has 0 aromatic rings. The second-order valence-corrected chi connectivity index (χ2v) is 7.62. The van der Waals surface area contributed by atoms with E-state index in [9.17, 15) is 0 Å². The third-order valence-corrected chi connectivity index (χ3v) is 2.36. The molecule has 0 atom stereocenters. The van der Waals surface area contributed by atoms with E-state index in [1.165, 1.54) is 19.4 Å². The Morgan fingerprint density at radius 3 is 1.94 bits per heavy atom. The highest BCUT2D eigenvalue weighted by molar-refractivity contribution is 4.66. The minimum Gasteiger partial charge on any atom is -0.381 e. The number of unbranched alkanes of at least 4 members (excludes halogenated alkanes) is 1. The van der Waals surface area contributed by atoms with Gasteiger partial charge in [0.15, 0.2) is 0 Å². The molecule has 17 heavy (non-hydrogen) atoms. The first kappa shape index (κ1) is 16.9. The largest absolute Gasteiger partial charge is 0.381 e. The molecule has 104 valence electrons. The standard InChI is InChI=1S/C15H33NO/c1-14(2,3)12-16(7)10-8-9-11-17-13-15(4,5)6/h8-13H2,1-7H3. The fourth-order valence-electron chi connectivity index (χ4n) is 1.85. The number of ether oxygens (including phenoxy) is 1. The van der Waals surface area contributed by atoms with Crippen molar-refractivity contribution in [2.75, 3.05) is 33.4 Å². The first-order valence-electron chi connectivity index (χ1n) is 6.86. The van der Waals surface area contributed by atoms with Crippen molar-refractivity contribution in [1.29, 1.82) is 0 Å². The summed E-state index contributed by atoms with van der Waals surface area (Å²) in [5.41, 5.74) is 0.695. The topological polar surface area (TPSA) is 12.5 Å². The van der Waals surface area contributed by atoms with Crippen LogP contribution in [0.25, 0.3) is 0 Å². The van der Waals surface area contributed by atoms with Crippen LogP contribution in [-0.4, -0.2) is 38.3 Å². The van der Waals surface area contributed by atoms with Gasteiger partial charge in [-0.2, -0.15) is 0 Å². The summed E-state index contributed by atoms with van der Waals surface area (Å²) in [6, 6.07) is 0. The lowest BCUT2D eigenvalue weighted by atomic mass is 9.96. The molecule has 0 aromatic carbocycles.